The van der Waals surface area contributed by atoms with Crippen LogP contribution in [-0.2, 0) is 4.79 Å². The first kappa shape index (κ1) is 14.3. The third-order valence-electron chi connectivity index (χ3n) is 2.55. The van der Waals surface area contributed by atoms with Crippen LogP contribution in [0, 0.1) is 0 Å². The van der Waals surface area contributed by atoms with E-state index >= 15 is 0 Å². The first-order valence-electron chi connectivity index (χ1n) is 5.81. The number of allylic oxidation sites excluding steroid dienone is 1. The van der Waals surface area contributed by atoms with Crippen molar-refractivity contribution in [1.29, 1.82) is 0 Å². The molecule has 4 heteroatoms. The number of carbonyl (C=O) groups excluding carboxylic acids is 1. The van der Waals surface area contributed by atoms with Gasteiger partial charge in [-0.1, -0.05) is 12.1 Å². The molecule has 0 spiro atoms. The second kappa shape index (κ2) is 6.81. The van der Waals surface area contributed by atoms with Crippen molar-refractivity contribution in [1.82, 2.24) is 0 Å². The Bertz CT molecular complexity index is 429. The fourth-order valence-electron chi connectivity index (χ4n) is 1.62. The Hall–Kier alpha value is -1.81. The van der Waals surface area contributed by atoms with Gasteiger partial charge in [0.25, 0.3) is 0 Å². The Morgan fingerprint density at radius 1 is 1.50 bits per heavy atom. The Balaban J connectivity index is 2.90. The highest BCUT2D eigenvalue weighted by Crippen LogP contribution is 2.30. The van der Waals surface area contributed by atoms with Crippen molar-refractivity contribution >= 4 is 5.97 Å². The summed E-state index contributed by atoms with van der Waals surface area (Å²) >= 11 is 0. The lowest BCUT2D eigenvalue weighted by molar-refractivity contribution is -0.132. The van der Waals surface area contributed by atoms with Crippen LogP contribution in [-0.4, -0.2) is 13.1 Å². The molecule has 0 aromatic heterocycles. The molecular weight excluding hydrogens is 230 g/mol. The summed E-state index contributed by atoms with van der Waals surface area (Å²) in [5, 5.41) is 0. The minimum Gasteiger partial charge on any atom is -0.493 e. The topological polar surface area (TPSA) is 61.5 Å². The van der Waals surface area contributed by atoms with Gasteiger partial charge in [-0.25, -0.2) is 0 Å². The van der Waals surface area contributed by atoms with E-state index in [1.807, 2.05) is 12.1 Å². The summed E-state index contributed by atoms with van der Waals surface area (Å²) in [5.74, 6) is 0.540. The lowest BCUT2D eigenvalue weighted by atomic mass is 10.0. The van der Waals surface area contributed by atoms with Crippen LogP contribution in [0.4, 0.5) is 0 Å². The molecule has 1 aromatic rings. The number of rotatable bonds is 6. The van der Waals surface area contributed by atoms with Crippen molar-refractivity contribution in [3.05, 3.63) is 36.4 Å². The Labute approximate surface area is 107 Å². The van der Waals surface area contributed by atoms with Crippen LogP contribution in [0.2, 0.25) is 0 Å². The molecule has 0 saturated carbocycles. The molecule has 0 aliphatic rings. The summed E-state index contributed by atoms with van der Waals surface area (Å²) in [5.41, 5.74) is 6.99. The van der Waals surface area contributed by atoms with E-state index in [0.29, 0.717) is 11.5 Å². The zero-order chi connectivity index (χ0) is 13.5. The van der Waals surface area contributed by atoms with Gasteiger partial charge in [-0.3, -0.25) is 4.79 Å². The molecular formula is C14H19NO3. The number of hydrogen-bond donors (Lipinski definition) is 1. The molecule has 0 bridgehead atoms. The van der Waals surface area contributed by atoms with Gasteiger partial charge >= 0.3 is 5.97 Å². The van der Waals surface area contributed by atoms with Gasteiger partial charge < -0.3 is 15.2 Å². The Kier molecular flexibility index (Phi) is 5.39. The van der Waals surface area contributed by atoms with Crippen molar-refractivity contribution in [3.63, 3.8) is 0 Å². The third kappa shape index (κ3) is 3.89. The molecule has 0 unspecified atom stereocenters. The largest absolute Gasteiger partial charge is 0.493 e. The van der Waals surface area contributed by atoms with Crippen LogP contribution in [0.15, 0.2) is 30.9 Å². The van der Waals surface area contributed by atoms with Crippen LogP contribution in [0.25, 0.3) is 0 Å². The maximum Gasteiger partial charge on any atom is 0.308 e. The summed E-state index contributed by atoms with van der Waals surface area (Å²) in [4.78, 5) is 10.9. The van der Waals surface area contributed by atoms with Crippen LogP contribution in [0.3, 0.4) is 0 Å². The summed E-state index contributed by atoms with van der Waals surface area (Å²) < 4.78 is 10.2. The van der Waals surface area contributed by atoms with Gasteiger partial charge in [0.05, 0.1) is 7.11 Å². The standard InChI is InChI=1S/C14H19NO3/c1-4-5-6-12(15)11-7-8-13(18-10(2)16)14(9-11)17-3/h4,7-9,12H,1,5-6,15H2,2-3H3/t12-/m1/s1. The highest BCUT2D eigenvalue weighted by molar-refractivity contribution is 5.70. The lowest BCUT2D eigenvalue weighted by Gasteiger charge is -2.14. The van der Waals surface area contributed by atoms with Crippen LogP contribution < -0.4 is 15.2 Å². The zero-order valence-corrected chi connectivity index (χ0v) is 10.8. The highest BCUT2D eigenvalue weighted by atomic mass is 16.6. The monoisotopic (exact) mass is 249 g/mol. The molecule has 0 aliphatic heterocycles. The van der Waals surface area contributed by atoms with E-state index in [0.717, 1.165) is 18.4 Å². The summed E-state index contributed by atoms with van der Waals surface area (Å²) in [7, 11) is 1.53. The first-order chi connectivity index (χ1) is 8.58. The molecule has 4 nitrogen and oxygen atoms in total. The van der Waals surface area contributed by atoms with Crippen molar-refractivity contribution in [3.8, 4) is 11.5 Å². The number of esters is 1. The molecule has 18 heavy (non-hydrogen) atoms. The number of methoxy groups -OCH3 is 1. The molecule has 98 valence electrons. The van der Waals surface area contributed by atoms with Gasteiger partial charge in [0.1, 0.15) is 0 Å². The third-order valence-corrected chi connectivity index (χ3v) is 2.55. The van der Waals surface area contributed by atoms with Crippen molar-refractivity contribution in [2.45, 2.75) is 25.8 Å². The summed E-state index contributed by atoms with van der Waals surface area (Å²) in [6, 6.07) is 5.26. The minimum atomic E-state index is -0.378. The van der Waals surface area contributed by atoms with Gasteiger partial charge in [-0.15, -0.1) is 6.58 Å². The van der Waals surface area contributed by atoms with Gasteiger partial charge in [0, 0.05) is 13.0 Å². The average molecular weight is 249 g/mol. The van der Waals surface area contributed by atoms with E-state index < -0.39 is 0 Å². The number of carbonyl (C=O) groups is 1. The quantitative estimate of drug-likeness (QED) is 0.478. The molecule has 1 aromatic carbocycles. The van der Waals surface area contributed by atoms with E-state index in [1.54, 1.807) is 12.1 Å². The smallest absolute Gasteiger partial charge is 0.308 e. The SMILES string of the molecule is C=CCC[C@@H](N)c1ccc(OC(C)=O)c(OC)c1. The van der Waals surface area contributed by atoms with E-state index in [9.17, 15) is 4.79 Å². The maximum atomic E-state index is 10.9. The van der Waals surface area contributed by atoms with Crippen molar-refractivity contribution < 1.29 is 14.3 Å². The minimum absolute atomic E-state index is 0.0803. The van der Waals surface area contributed by atoms with Crippen LogP contribution in [0.5, 0.6) is 11.5 Å². The molecule has 0 radical (unpaired) electrons. The lowest BCUT2D eigenvalue weighted by Crippen LogP contribution is -2.10. The summed E-state index contributed by atoms with van der Waals surface area (Å²) in [6.45, 7) is 5.02. The summed E-state index contributed by atoms with van der Waals surface area (Å²) in [6.07, 6.45) is 3.51. The second-order valence-corrected chi connectivity index (χ2v) is 3.98. The van der Waals surface area contributed by atoms with E-state index in [1.165, 1.54) is 14.0 Å². The molecule has 0 fully saturated rings. The van der Waals surface area contributed by atoms with Crippen molar-refractivity contribution in [2.24, 2.45) is 5.73 Å². The molecule has 0 amide bonds. The number of hydrogen-bond acceptors (Lipinski definition) is 4. The van der Waals surface area contributed by atoms with Crippen LogP contribution >= 0.6 is 0 Å². The fourth-order valence-corrected chi connectivity index (χ4v) is 1.62. The molecule has 0 aliphatic carbocycles. The van der Waals surface area contributed by atoms with Gasteiger partial charge in [-0.2, -0.15) is 0 Å². The molecule has 0 heterocycles. The van der Waals surface area contributed by atoms with Gasteiger partial charge in [0.2, 0.25) is 0 Å². The van der Waals surface area contributed by atoms with Crippen LogP contribution in [0.1, 0.15) is 31.4 Å². The van der Waals surface area contributed by atoms with Gasteiger partial charge in [0.15, 0.2) is 11.5 Å². The van der Waals surface area contributed by atoms with E-state index in [-0.39, 0.29) is 12.0 Å². The predicted octanol–water partition coefficient (Wildman–Crippen LogP) is 2.59. The fraction of sp³-hybridized carbons (Fsp3) is 0.357. The van der Waals surface area contributed by atoms with Crippen molar-refractivity contribution in [2.75, 3.05) is 7.11 Å². The first-order valence-corrected chi connectivity index (χ1v) is 5.81. The number of ether oxygens (including phenoxy) is 2. The maximum absolute atomic E-state index is 10.9. The molecule has 1 rings (SSSR count). The Morgan fingerprint density at radius 3 is 2.78 bits per heavy atom. The van der Waals surface area contributed by atoms with Gasteiger partial charge in [-0.05, 0) is 30.5 Å². The second-order valence-electron chi connectivity index (χ2n) is 3.98. The normalized spacial score (nSPS) is 11.7. The predicted molar refractivity (Wildman–Crippen MR) is 70.7 cm³/mol. The molecule has 2 N–H and O–H groups in total. The number of nitrogens with two attached hydrogens (primary N) is 1. The Morgan fingerprint density at radius 2 is 2.22 bits per heavy atom. The van der Waals surface area contributed by atoms with E-state index in [4.69, 9.17) is 15.2 Å². The highest BCUT2D eigenvalue weighted by Gasteiger charge is 2.11. The molecule has 0 saturated heterocycles. The average Bonchev–Trinajstić information content (AvgIpc) is 2.35. The van der Waals surface area contributed by atoms with E-state index in [2.05, 4.69) is 6.58 Å². The zero-order valence-electron chi connectivity index (χ0n) is 10.8. The number of benzene rings is 1. The molecule has 1 atom stereocenters.